The Morgan fingerprint density at radius 1 is 1.04 bits per heavy atom. The van der Waals surface area contributed by atoms with Crippen molar-refractivity contribution in [3.63, 3.8) is 0 Å². The molecule has 0 spiro atoms. The minimum atomic E-state index is -0.326. The molecule has 2 atom stereocenters. The van der Waals surface area contributed by atoms with Crippen molar-refractivity contribution >= 4 is 29.1 Å². The van der Waals surface area contributed by atoms with Crippen LogP contribution in [0, 0.1) is 11.8 Å². The molecule has 1 aromatic carbocycles. The van der Waals surface area contributed by atoms with Crippen molar-refractivity contribution in [2.75, 3.05) is 31.5 Å². The average Bonchev–Trinajstić information content (AvgIpc) is 2.63. The van der Waals surface area contributed by atoms with E-state index in [1.165, 1.54) is 0 Å². The van der Waals surface area contributed by atoms with Gasteiger partial charge in [0.1, 0.15) is 0 Å². The molecule has 1 aliphatic heterocycles. The molecule has 128 valence electrons. The number of hydrogen-bond acceptors (Lipinski definition) is 3. The average molecular weight is 348 g/mol. The largest absolute Gasteiger partial charge is 0.340 e. The maximum absolute atomic E-state index is 12.8. The van der Waals surface area contributed by atoms with E-state index in [-0.39, 0.29) is 23.7 Å². The lowest BCUT2D eigenvalue weighted by atomic mass is 9.81. The van der Waals surface area contributed by atoms with Crippen LogP contribution in [-0.4, -0.2) is 42.9 Å². The van der Waals surface area contributed by atoms with Crippen molar-refractivity contribution in [1.29, 1.82) is 0 Å². The van der Waals surface area contributed by atoms with Crippen LogP contribution in [0.3, 0.4) is 0 Å². The Bertz CT molecular complexity index is 624. The Kier molecular flexibility index (Phi) is 5.53. The summed E-state index contributed by atoms with van der Waals surface area (Å²) in [5.41, 5.74) is 0.701. The molecule has 5 nitrogen and oxygen atoms in total. The van der Waals surface area contributed by atoms with E-state index in [4.69, 9.17) is 11.6 Å². The first kappa shape index (κ1) is 17.0. The van der Waals surface area contributed by atoms with Crippen LogP contribution in [0.2, 0.25) is 5.02 Å². The number of piperazine rings is 1. The molecular formula is C18H22ClN3O2. The van der Waals surface area contributed by atoms with E-state index in [1.807, 2.05) is 17.1 Å². The van der Waals surface area contributed by atoms with E-state index >= 15 is 0 Å². The highest BCUT2D eigenvalue weighted by molar-refractivity contribution is 6.30. The lowest BCUT2D eigenvalue weighted by Crippen LogP contribution is -2.50. The molecule has 2 amide bonds. The molecule has 3 rings (SSSR count). The van der Waals surface area contributed by atoms with Crippen molar-refractivity contribution < 1.29 is 9.59 Å². The van der Waals surface area contributed by atoms with Crippen LogP contribution in [-0.2, 0) is 9.59 Å². The number of anilines is 1. The normalized spacial score (nSPS) is 23.8. The van der Waals surface area contributed by atoms with Crippen molar-refractivity contribution in [1.82, 2.24) is 10.2 Å². The van der Waals surface area contributed by atoms with Gasteiger partial charge < -0.3 is 15.5 Å². The van der Waals surface area contributed by atoms with Crippen molar-refractivity contribution in [2.45, 2.75) is 12.8 Å². The molecule has 0 aromatic heterocycles. The van der Waals surface area contributed by atoms with Crippen molar-refractivity contribution in [3.8, 4) is 0 Å². The summed E-state index contributed by atoms with van der Waals surface area (Å²) in [7, 11) is 0. The first-order valence-electron chi connectivity index (χ1n) is 8.36. The highest BCUT2D eigenvalue weighted by atomic mass is 35.5. The molecule has 1 fully saturated rings. The summed E-state index contributed by atoms with van der Waals surface area (Å²) in [6, 6.07) is 7.01. The third-order valence-electron chi connectivity index (χ3n) is 4.63. The van der Waals surface area contributed by atoms with Crippen molar-refractivity contribution in [3.05, 3.63) is 41.4 Å². The first-order chi connectivity index (χ1) is 11.6. The van der Waals surface area contributed by atoms with Gasteiger partial charge in [-0.3, -0.25) is 9.59 Å². The maximum Gasteiger partial charge on any atom is 0.228 e. The van der Waals surface area contributed by atoms with Crippen LogP contribution in [0.4, 0.5) is 5.69 Å². The molecule has 6 heteroatoms. The van der Waals surface area contributed by atoms with Gasteiger partial charge in [0, 0.05) is 36.9 Å². The van der Waals surface area contributed by atoms with Crippen LogP contribution < -0.4 is 10.6 Å². The molecule has 1 saturated heterocycles. The van der Waals surface area contributed by atoms with Gasteiger partial charge in [0.15, 0.2) is 0 Å². The molecule has 0 bridgehead atoms. The summed E-state index contributed by atoms with van der Waals surface area (Å²) in [6.07, 6.45) is 5.23. The molecule has 0 saturated carbocycles. The van der Waals surface area contributed by atoms with Crippen molar-refractivity contribution in [2.24, 2.45) is 11.8 Å². The lowest BCUT2D eigenvalue weighted by Gasteiger charge is -2.34. The topological polar surface area (TPSA) is 61.4 Å². The fraction of sp³-hybridized carbons (Fsp3) is 0.444. The number of benzene rings is 1. The molecule has 1 aromatic rings. The van der Waals surface area contributed by atoms with Crippen LogP contribution in [0.1, 0.15) is 12.8 Å². The van der Waals surface area contributed by atoms with Gasteiger partial charge in [0.25, 0.3) is 0 Å². The molecule has 2 unspecified atom stereocenters. The second kappa shape index (κ2) is 7.81. The fourth-order valence-electron chi connectivity index (χ4n) is 3.26. The number of carbonyl (C=O) groups excluding carboxylic acids is 2. The van der Waals surface area contributed by atoms with Gasteiger partial charge in [-0.25, -0.2) is 0 Å². The highest BCUT2D eigenvalue weighted by Gasteiger charge is 2.36. The Morgan fingerprint density at radius 2 is 1.67 bits per heavy atom. The predicted octanol–water partition coefficient (Wildman–Crippen LogP) is 2.29. The summed E-state index contributed by atoms with van der Waals surface area (Å²) in [4.78, 5) is 27.4. The molecule has 1 aliphatic carbocycles. The van der Waals surface area contributed by atoms with E-state index in [9.17, 15) is 9.59 Å². The van der Waals surface area contributed by atoms with Crippen LogP contribution in [0.25, 0.3) is 0 Å². The number of allylic oxidation sites excluding steroid dienone is 2. The van der Waals surface area contributed by atoms with E-state index in [1.54, 1.807) is 24.3 Å². The maximum atomic E-state index is 12.8. The van der Waals surface area contributed by atoms with Gasteiger partial charge in [0.05, 0.1) is 11.8 Å². The summed E-state index contributed by atoms with van der Waals surface area (Å²) >= 11 is 5.87. The fourth-order valence-corrected chi connectivity index (χ4v) is 3.39. The van der Waals surface area contributed by atoms with Gasteiger partial charge in [-0.1, -0.05) is 23.8 Å². The quantitative estimate of drug-likeness (QED) is 0.825. The van der Waals surface area contributed by atoms with Gasteiger partial charge in [-0.2, -0.15) is 0 Å². The summed E-state index contributed by atoms with van der Waals surface area (Å²) in [5.74, 6) is -0.610. The van der Waals surface area contributed by atoms with Crippen LogP contribution in [0.15, 0.2) is 36.4 Å². The van der Waals surface area contributed by atoms with Gasteiger partial charge in [-0.05, 0) is 37.1 Å². The zero-order valence-corrected chi connectivity index (χ0v) is 14.3. The first-order valence-corrected chi connectivity index (χ1v) is 8.74. The Balaban J connectivity index is 1.69. The molecular weight excluding hydrogens is 326 g/mol. The zero-order valence-electron chi connectivity index (χ0n) is 13.5. The van der Waals surface area contributed by atoms with Crippen LogP contribution >= 0.6 is 11.6 Å². The zero-order chi connectivity index (χ0) is 16.9. The molecule has 1 heterocycles. The second-order valence-corrected chi connectivity index (χ2v) is 6.66. The Hall–Kier alpha value is -1.85. The summed E-state index contributed by atoms with van der Waals surface area (Å²) < 4.78 is 0. The number of rotatable bonds is 3. The molecule has 0 radical (unpaired) electrons. The molecule has 24 heavy (non-hydrogen) atoms. The highest BCUT2D eigenvalue weighted by Crippen LogP contribution is 2.29. The van der Waals surface area contributed by atoms with E-state index in [2.05, 4.69) is 10.6 Å². The minimum Gasteiger partial charge on any atom is -0.340 e. The minimum absolute atomic E-state index is 0.0945. The van der Waals surface area contributed by atoms with Crippen LogP contribution in [0.5, 0.6) is 0 Å². The smallest absolute Gasteiger partial charge is 0.228 e. The molecule has 2 aliphatic rings. The monoisotopic (exact) mass is 347 g/mol. The second-order valence-electron chi connectivity index (χ2n) is 6.23. The number of nitrogens with zero attached hydrogens (tertiary/aromatic N) is 1. The van der Waals surface area contributed by atoms with Gasteiger partial charge in [-0.15, -0.1) is 0 Å². The predicted molar refractivity (Wildman–Crippen MR) is 94.9 cm³/mol. The molecule has 2 N–H and O–H groups in total. The third kappa shape index (κ3) is 3.97. The van der Waals surface area contributed by atoms with E-state index < -0.39 is 0 Å². The van der Waals surface area contributed by atoms with E-state index in [0.717, 1.165) is 13.1 Å². The van der Waals surface area contributed by atoms with Gasteiger partial charge in [0.2, 0.25) is 11.8 Å². The Morgan fingerprint density at radius 3 is 2.33 bits per heavy atom. The summed E-state index contributed by atoms with van der Waals surface area (Å²) in [5, 5.41) is 6.78. The Labute approximate surface area is 147 Å². The number of nitrogens with one attached hydrogen (secondary N) is 2. The number of carbonyl (C=O) groups is 2. The number of hydrogen-bond donors (Lipinski definition) is 2. The third-order valence-corrected chi connectivity index (χ3v) is 4.88. The summed E-state index contributed by atoms with van der Waals surface area (Å²) in [6.45, 7) is 3.06. The lowest BCUT2D eigenvalue weighted by molar-refractivity contribution is -0.141. The number of halogens is 1. The van der Waals surface area contributed by atoms with Gasteiger partial charge >= 0.3 is 0 Å². The SMILES string of the molecule is O=C(Nc1ccc(Cl)cc1)C1CC=CCC1C(=O)N1CCNCC1. The number of amides is 2. The van der Waals surface area contributed by atoms with E-state index in [0.29, 0.717) is 36.6 Å². The standard InChI is InChI=1S/C18H22ClN3O2/c19-13-5-7-14(8-6-13)21-17(23)15-3-1-2-4-16(15)18(24)22-11-9-20-10-12-22/h1-2,5-8,15-16,20H,3-4,9-12H2,(H,21,23).